The number of rotatable bonds is 0. The van der Waals surface area contributed by atoms with Crippen molar-refractivity contribution in [2.75, 3.05) is 0 Å². The summed E-state index contributed by atoms with van der Waals surface area (Å²) in [4.78, 5) is 0. The summed E-state index contributed by atoms with van der Waals surface area (Å²) in [5.41, 5.74) is 1.01. The van der Waals surface area contributed by atoms with E-state index in [2.05, 4.69) is 0 Å². The molecule has 1 aliphatic carbocycles. The number of phenolic OH excluding ortho intramolecular Hbond substituents is 1. The predicted octanol–water partition coefficient (Wildman–Crippen LogP) is 2.98. The van der Waals surface area contributed by atoms with Crippen LogP contribution in [0.5, 0.6) is 17.2 Å². The Labute approximate surface area is 143 Å². The Hall–Kier alpha value is -2.76. The van der Waals surface area contributed by atoms with Crippen molar-refractivity contribution in [3.05, 3.63) is 65.7 Å². The molecule has 3 aromatic carbocycles. The van der Waals surface area contributed by atoms with Crippen molar-refractivity contribution in [3.8, 4) is 17.2 Å². The molecular weight excluding hydrogens is 320 g/mol. The van der Waals surface area contributed by atoms with E-state index in [-0.39, 0.29) is 5.75 Å². The molecular formula is C20H14O5. The Morgan fingerprint density at radius 2 is 1.56 bits per heavy atom. The molecule has 0 radical (unpaired) electrons. The van der Waals surface area contributed by atoms with Crippen molar-refractivity contribution >= 4 is 10.8 Å². The van der Waals surface area contributed by atoms with Gasteiger partial charge in [-0.1, -0.05) is 36.4 Å². The standard InChI is InChI=1S/C20H14O5/c21-12-7-3-6-11-16(12)17(22)18-19(23-18)20(11)24-13-8-1-4-10-5-2-9-14(25-20)15(10)13/h1-9,17-19,21-22H/t17-,18-,19-/m0/s1. The SMILES string of the molecule is Oc1cccc2c1[C@H](O)[C@@H]1O[C@@H]1C21Oc2cccc3cccc(c23)O1. The number of aromatic hydroxyl groups is 1. The van der Waals surface area contributed by atoms with Crippen LogP contribution in [0, 0.1) is 0 Å². The first-order chi connectivity index (χ1) is 12.2. The molecule has 0 saturated carbocycles. The molecule has 5 heteroatoms. The highest BCUT2D eigenvalue weighted by Crippen LogP contribution is 2.58. The molecule has 124 valence electrons. The molecule has 0 unspecified atom stereocenters. The molecule has 2 aliphatic heterocycles. The fourth-order valence-corrected chi connectivity index (χ4v) is 4.17. The Bertz CT molecular complexity index is 1000. The molecule has 1 saturated heterocycles. The first-order valence-electron chi connectivity index (χ1n) is 8.25. The largest absolute Gasteiger partial charge is 0.508 e. The van der Waals surface area contributed by atoms with E-state index in [1.807, 2.05) is 42.5 Å². The topological polar surface area (TPSA) is 71.5 Å². The van der Waals surface area contributed by atoms with Crippen molar-refractivity contribution in [1.29, 1.82) is 0 Å². The first-order valence-corrected chi connectivity index (χ1v) is 8.25. The maximum absolute atomic E-state index is 10.5. The fraction of sp³-hybridized carbons (Fsp3) is 0.200. The number of aliphatic hydroxyl groups excluding tert-OH is 1. The van der Waals surface area contributed by atoms with Crippen molar-refractivity contribution in [2.24, 2.45) is 0 Å². The van der Waals surface area contributed by atoms with Crippen LogP contribution in [0.25, 0.3) is 10.8 Å². The molecule has 6 rings (SSSR count). The second-order valence-corrected chi connectivity index (χ2v) is 6.69. The van der Waals surface area contributed by atoms with Crippen LogP contribution in [0.3, 0.4) is 0 Å². The normalized spacial score (nSPS) is 27.2. The minimum Gasteiger partial charge on any atom is -0.508 e. The quantitative estimate of drug-likeness (QED) is 0.619. The highest BCUT2D eigenvalue weighted by atomic mass is 16.8. The average molecular weight is 334 g/mol. The van der Waals surface area contributed by atoms with Gasteiger partial charge in [-0.3, -0.25) is 0 Å². The number of epoxide rings is 1. The van der Waals surface area contributed by atoms with Gasteiger partial charge in [0.2, 0.25) is 0 Å². The van der Waals surface area contributed by atoms with Gasteiger partial charge >= 0.3 is 5.79 Å². The van der Waals surface area contributed by atoms with Gasteiger partial charge in [0.15, 0.2) is 6.10 Å². The summed E-state index contributed by atoms with van der Waals surface area (Å²) >= 11 is 0. The molecule has 3 atom stereocenters. The zero-order chi connectivity index (χ0) is 16.8. The molecule has 5 nitrogen and oxygen atoms in total. The molecule has 25 heavy (non-hydrogen) atoms. The maximum Gasteiger partial charge on any atom is 0.307 e. The number of fused-ring (bicyclic) bond motifs is 4. The van der Waals surface area contributed by atoms with Gasteiger partial charge in [0.05, 0.1) is 5.39 Å². The van der Waals surface area contributed by atoms with Gasteiger partial charge in [-0.25, -0.2) is 0 Å². The zero-order valence-corrected chi connectivity index (χ0v) is 13.0. The number of hydrogen-bond donors (Lipinski definition) is 2. The summed E-state index contributed by atoms with van der Waals surface area (Å²) in [5, 5.41) is 22.8. The molecule has 0 aromatic heterocycles. The van der Waals surface area contributed by atoms with Gasteiger partial charge < -0.3 is 24.4 Å². The van der Waals surface area contributed by atoms with E-state index in [1.54, 1.807) is 12.1 Å². The number of phenols is 1. The molecule has 1 spiro atoms. The van der Waals surface area contributed by atoms with Crippen LogP contribution in [0.1, 0.15) is 17.2 Å². The second kappa shape index (κ2) is 4.25. The smallest absolute Gasteiger partial charge is 0.307 e. The van der Waals surface area contributed by atoms with E-state index in [0.717, 1.165) is 10.8 Å². The summed E-state index contributed by atoms with van der Waals surface area (Å²) in [5.74, 6) is 0.224. The lowest BCUT2D eigenvalue weighted by molar-refractivity contribution is -0.148. The van der Waals surface area contributed by atoms with Crippen LogP contribution < -0.4 is 9.47 Å². The summed E-state index contributed by atoms with van der Waals surface area (Å²) < 4.78 is 18.4. The molecule has 2 N–H and O–H groups in total. The fourth-order valence-electron chi connectivity index (χ4n) is 4.17. The van der Waals surface area contributed by atoms with E-state index in [9.17, 15) is 10.2 Å². The minimum atomic E-state index is -1.21. The van der Waals surface area contributed by atoms with Gasteiger partial charge in [0, 0.05) is 11.1 Å². The van der Waals surface area contributed by atoms with E-state index >= 15 is 0 Å². The first kappa shape index (κ1) is 13.5. The molecule has 2 heterocycles. The Kier molecular flexibility index (Phi) is 2.30. The van der Waals surface area contributed by atoms with Crippen molar-refractivity contribution < 1.29 is 24.4 Å². The Balaban J connectivity index is 1.63. The van der Waals surface area contributed by atoms with E-state index < -0.39 is 24.1 Å². The number of ether oxygens (including phenoxy) is 3. The van der Waals surface area contributed by atoms with Crippen molar-refractivity contribution in [3.63, 3.8) is 0 Å². The number of hydrogen-bond acceptors (Lipinski definition) is 5. The maximum atomic E-state index is 10.5. The lowest BCUT2D eigenvalue weighted by Gasteiger charge is -2.41. The lowest BCUT2D eigenvalue weighted by Crippen LogP contribution is -2.50. The van der Waals surface area contributed by atoms with Gasteiger partial charge in [-0.05, 0) is 23.6 Å². The third-order valence-electron chi connectivity index (χ3n) is 5.32. The van der Waals surface area contributed by atoms with Crippen LogP contribution in [0.4, 0.5) is 0 Å². The zero-order valence-electron chi connectivity index (χ0n) is 13.0. The number of benzene rings is 3. The van der Waals surface area contributed by atoms with Crippen LogP contribution >= 0.6 is 0 Å². The summed E-state index contributed by atoms with van der Waals surface area (Å²) in [6, 6.07) is 16.8. The predicted molar refractivity (Wildman–Crippen MR) is 88.6 cm³/mol. The molecule has 3 aromatic rings. The highest BCUT2D eigenvalue weighted by molar-refractivity contribution is 5.94. The average Bonchev–Trinajstić information content (AvgIpc) is 3.42. The highest BCUT2D eigenvalue weighted by Gasteiger charge is 2.68. The van der Waals surface area contributed by atoms with Gasteiger partial charge in [0.1, 0.15) is 29.5 Å². The summed E-state index contributed by atoms with van der Waals surface area (Å²) in [6.07, 6.45) is -1.78. The minimum absolute atomic E-state index is 0.0163. The van der Waals surface area contributed by atoms with Crippen LogP contribution in [0.2, 0.25) is 0 Å². The molecule has 0 amide bonds. The van der Waals surface area contributed by atoms with Crippen LogP contribution in [-0.2, 0) is 10.5 Å². The van der Waals surface area contributed by atoms with Gasteiger partial charge in [0.25, 0.3) is 0 Å². The van der Waals surface area contributed by atoms with Gasteiger partial charge in [-0.2, -0.15) is 0 Å². The third-order valence-corrected chi connectivity index (χ3v) is 5.32. The van der Waals surface area contributed by atoms with E-state index in [0.29, 0.717) is 22.6 Å². The van der Waals surface area contributed by atoms with Gasteiger partial charge in [-0.15, -0.1) is 0 Å². The summed E-state index contributed by atoms with van der Waals surface area (Å²) in [7, 11) is 0. The summed E-state index contributed by atoms with van der Waals surface area (Å²) in [6.45, 7) is 0. The second-order valence-electron chi connectivity index (χ2n) is 6.69. The Morgan fingerprint density at radius 3 is 2.28 bits per heavy atom. The lowest BCUT2D eigenvalue weighted by atomic mass is 9.83. The van der Waals surface area contributed by atoms with Crippen LogP contribution in [-0.4, -0.2) is 22.4 Å². The van der Waals surface area contributed by atoms with Crippen LogP contribution in [0.15, 0.2) is 54.6 Å². The third kappa shape index (κ3) is 1.55. The monoisotopic (exact) mass is 334 g/mol. The van der Waals surface area contributed by atoms with Crippen molar-refractivity contribution in [1.82, 2.24) is 0 Å². The Morgan fingerprint density at radius 1 is 0.880 bits per heavy atom. The van der Waals surface area contributed by atoms with Crippen molar-refractivity contribution in [2.45, 2.75) is 24.1 Å². The number of aliphatic hydroxyl groups is 1. The molecule has 1 fully saturated rings. The van der Waals surface area contributed by atoms with E-state index in [1.165, 1.54) is 0 Å². The molecule has 0 bridgehead atoms. The molecule has 3 aliphatic rings. The van der Waals surface area contributed by atoms with E-state index in [4.69, 9.17) is 14.2 Å².